The molecule has 2 amide bonds. The summed E-state index contributed by atoms with van der Waals surface area (Å²) in [7, 11) is 0. The molecule has 2 aliphatic rings. The second-order valence-electron chi connectivity index (χ2n) is 8.41. The van der Waals surface area contributed by atoms with E-state index in [2.05, 4.69) is 34.5 Å². The van der Waals surface area contributed by atoms with Crippen molar-refractivity contribution in [3.05, 3.63) is 54.6 Å². The summed E-state index contributed by atoms with van der Waals surface area (Å²) in [6.07, 6.45) is 0. The highest BCUT2D eigenvalue weighted by Gasteiger charge is 2.46. The highest BCUT2D eigenvalue weighted by Crippen LogP contribution is 2.36. The summed E-state index contributed by atoms with van der Waals surface area (Å²) in [5.41, 5.74) is 1.77. The fourth-order valence-corrected chi connectivity index (χ4v) is 4.34. The van der Waals surface area contributed by atoms with Crippen LogP contribution in [0.5, 0.6) is 0 Å². The zero-order chi connectivity index (χ0) is 20.6. The number of quaternary nitrogens is 1. The largest absolute Gasteiger partial charge is 0.360 e. The zero-order valence-electron chi connectivity index (χ0n) is 17.3. The van der Waals surface area contributed by atoms with Crippen LogP contribution < -0.4 is 20.0 Å². The molecule has 0 saturated carbocycles. The summed E-state index contributed by atoms with van der Waals surface area (Å²) in [6.45, 7) is 9.22. The third-order valence-corrected chi connectivity index (χ3v) is 6.24. The van der Waals surface area contributed by atoms with Gasteiger partial charge in [0.1, 0.15) is 5.54 Å². The molecule has 4 rings (SSSR count). The molecule has 0 aromatic heterocycles. The second kappa shape index (κ2) is 7.52. The van der Waals surface area contributed by atoms with Crippen molar-refractivity contribution in [1.29, 1.82) is 0 Å². The Kier molecular flexibility index (Phi) is 5.04. The van der Waals surface area contributed by atoms with E-state index in [1.807, 2.05) is 51.1 Å². The van der Waals surface area contributed by atoms with Crippen LogP contribution in [0.1, 0.15) is 20.8 Å². The first-order chi connectivity index (χ1) is 13.9. The molecule has 2 heterocycles. The van der Waals surface area contributed by atoms with E-state index in [-0.39, 0.29) is 17.9 Å². The van der Waals surface area contributed by atoms with Crippen LogP contribution in [0.3, 0.4) is 0 Å². The Morgan fingerprint density at radius 2 is 1.66 bits per heavy atom. The molecule has 0 spiro atoms. The van der Waals surface area contributed by atoms with E-state index in [0.29, 0.717) is 5.69 Å². The maximum absolute atomic E-state index is 13.6. The number of anilines is 3. The van der Waals surface area contributed by atoms with Crippen LogP contribution >= 0.6 is 0 Å². The lowest BCUT2D eigenvalue weighted by Gasteiger charge is -2.44. The van der Waals surface area contributed by atoms with Crippen molar-refractivity contribution < 1.29 is 14.5 Å². The minimum absolute atomic E-state index is 0.000427. The minimum Gasteiger partial charge on any atom is -0.360 e. The van der Waals surface area contributed by atoms with Crippen molar-refractivity contribution >= 4 is 28.9 Å². The molecule has 6 nitrogen and oxygen atoms in total. The fraction of sp³-hybridized carbons (Fsp3) is 0.391. The van der Waals surface area contributed by atoms with Crippen molar-refractivity contribution in [3.63, 3.8) is 0 Å². The first kappa shape index (κ1) is 19.5. The molecule has 1 atom stereocenters. The number of nitrogens with zero attached hydrogens (tertiary/aromatic N) is 2. The van der Waals surface area contributed by atoms with Crippen LogP contribution in [0.4, 0.5) is 17.1 Å². The number of carbonyl (C=O) groups is 2. The van der Waals surface area contributed by atoms with Crippen molar-refractivity contribution in [2.75, 3.05) is 41.3 Å². The average Bonchev–Trinajstić information content (AvgIpc) is 2.74. The lowest BCUT2D eigenvalue weighted by Crippen LogP contribution is -3.19. The Balaban J connectivity index is 1.51. The first-order valence-electron chi connectivity index (χ1n) is 10.3. The van der Waals surface area contributed by atoms with Crippen LogP contribution in [0.15, 0.2) is 54.6 Å². The first-order valence-corrected chi connectivity index (χ1v) is 10.3. The van der Waals surface area contributed by atoms with E-state index in [1.165, 1.54) is 10.6 Å². The monoisotopic (exact) mass is 393 g/mol. The fourth-order valence-electron chi connectivity index (χ4n) is 4.34. The number of para-hydroxylation sites is 3. The van der Waals surface area contributed by atoms with Crippen molar-refractivity contribution in [2.45, 2.75) is 32.4 Å². The number of piperazine rings is 1. The normalized spacial score (nSPS) is 20.0. The highest BCUT2D eigenvalue weighted by atomic mass is 16.2. The number of carbonyl (C=O) groups excluding carboxylic acids is 2. The molecule has 0 unspecified atom stereocenters. The van der Waals surface area contributed by atoms with Gasteiger partial charge in [0.15, 0.2) is 6.04 Å². The van der Waals surface area contributed by atoms with Crippen molar-refractivity contribution in [1.82, 2.24) is 0 Å². The van der Waals surface area contributed by atoms with Gasteiger partial charge in [-0.15, -0.1) is 0 Å². The number of nitrogens with one attached hydrogen (secondary N) is 2. The predicted molar refractivity (Wildman–Crippen MR) is 115 cm³/mol. The van der Waals surface area contributed by atoms with Gasteiger partial charge in [-0.2, -0.15) is 0 Å². The molecule has 29 heavy (non-hydrogen) atoms. The lowest BCUT2D eigenvalue weighted by molar-refractivity contribution is -0.914. The van der Waals surface area contributed by atoms with E-state index >= 15 is 0 Å². The van der Waals surface area contributed by atoms with Gasteiger partial charge in [0.2, 0.25) is 5.91 Å². The Morgan fingerprint density at radius 1 is 1.03 bits per heavy atom. The molecule has 0 radical (unpaired) electrons. The Hall–Kier alpha value is -2.86. The summed E-state index contributed by atoms with van der Waals surface area (Å²) in [4.78, 5) is 31.6. The number of benzene rings is 2. The summed E-state index contributed by atoms with van der Waals surface area (Å²) in [6, 6.07) is 17.7. The molecule has 0 bridgehead atoms. The number of amides is 2. The standard InChI is InChI=1S/C23H28N4O2/c1-17(25-13-15-26(16-14-25)18-9-5-4-6-10-18)21(28)27-20-12-8-7-11-19(20)24-22(29)23(27,2)3/h4-12,17H,13-16H2,1-3H3,(H,24,29)/p+1/t17-/m1/s1. The van der Waals surface area contributed by atoms with E-state index in [9.17, 15) is 9.59 Å². The number of hydrogen-bond donors (Lipinski definition) is 2. The van der Waals surface area contributed by atoms with Crippen LogP contribution in [0.25, 0.3) is 0 Å². The molecular weight excluding hydrogens is 364 g/mol. The number of fused-ring (bicyclic) bond motifs is 1. The van der Waals surface area contributed by atoms with Crippen LogP contribution in [0.2, 0.25) is 0 Å². The molecule has 1 saturated heterocycles. The Labute approximate surface area is 172 Å². The molecule has 2 aliphatic heterocycles. The zero-order valence-corrected chi connectivity index (χ0v) is 17.3. The smallest absolute Gasteiger partial charge is 0.285 e. The van der Waals surface area contributed by atoms with Gasteiger partial charge in [-0.05, 0) is 45.0 Å². The summed E-state index contributed by atoms with van der Waals surface area (Å²) >= 11 is 0. The third-order valence-electron chi connectivity index (χ3n) is 6.24. The summed E-state index contributed by atoms with van der Waals surface area (Å²) < 4.78 is 0. The molecule has 2 aromatic rings. The summed E-state index contributed by atoms with van der Waals surface area (Å²) in [5, 5.41) is 2.93. The van der Waals surface area contributed by atoms with Crippen molar-refractivity contribution in [3.8, 4) is 0 Å². The molecule has 1 fully saturated rings. The highest BCUT2D eigenvalue weighted by molar-refractivity contribution is 6.14. The van der Waals surface area contributed by atoms with Crippen LogP contribution in [0, 0.1) is 0 Å². The van der Waals surface area contributed by atoms with E-state index in [1.54, 1.807) is 4.90 Å². The number of hydrogen-bond acceptors (Lipinski definition) is 3. The van der Waals surface area contributed by atoms with E-state index in [0.717, 1.165) is 31.9 Å². The van der Waals surface area contributed by atoms with E-state index < -0.39 is 5.54 Å². The van der Waals surface area contributed by atoms with Crippen LogP contribution in [-0.4, -0.2) is 49.6 Å². The Bertz CT molecular complexity index is 904. The van der Waals surface area contributed by atoms with Crippen molar-refractivity contribution in [2.24, 2.45) is 0 Å². The summed E-state index contributed by atoms with van der Waals surface area (Å²) in [5.74, 6) is -0.152. The van der Waals surface area contributed by atoms with Gasteiger partial charge >= 0.3 is 0 Å². The maximum atomic E-state index is 13.6. The predicted octanol–water partition coefficient (Wildman–Crippen LogP) is 1.54. The minimum atomic E-state index is -0.926. The lowest BCUT2D eigenvalue weighted by atomic mass is 9.95. The molecule has 0 aliphatic carbocycles. The molecular formula is C23H29N4O2+. The van der Waals surface area contributed by atoms with Gasteiger partial charge < -0.3 is 15.1 Å². The molecule has 2 aromatic carbocycles. The van der Waals surface area contributed by atoms with Gasteiger partial charge in [0.25, 0.3) is 5.91 Å². The maximum Gasteiger partial charge on any atom is 0.285 e. The molecule has 2 N–H and O–H groups in total. The van der Waals surface area contributed by atoms with Gasteiger partial charge in [0.05, 0.1) is 37.6 Å². The third kappa shape index (κ3) is 3.49. The Morgan fingerprint density at radius 3 is 2.34 bits per heavy atom. The SMILES string of the molecule is C[C@H](C(=O)N1c2ccccc2NC(=O)C1(C)C)[NH+]1CCN(c2ccccc2)CC1. The van der Waals surface area contributed by atoms with Gasteiger partial charge in [0, 0.05) is 5.69 Å². The number of rotatable bonds is 3. The second-order valence-corrected chi connectivity index (χ2v) is 8.41. The van der Waals surface area contributed by atoms with Gasteiger partial charge in [-0.25, -0.2) is 0 Å². The van der Waals surface area contributed by atoms with Crippen LogP contribution in [-0.2, 0) is 9.59 Å². The average molecular weight is 394 g/mol. The molecule has 152 valence electrons. The quantitative estimate of drug-likeness (QED) is 0.832. The molecule has 6 heteroatoms. The van der Waals surface area contributed by atoms with E-state index in [4.69, 9.17) is 0 Å². The van der Waals surface area contributed by atoms with Gasteiger partial charge in [-0.1, -0.05) is 30.3 Å². The topological polar surface area (TPSA) is 57.1 Å². The van der Waals surface area contributed by atoms with Gasteiger partial charge in [-0.3, -0.25) is 14.5 Å².